The van der Waals surface area contributed by atoms with Crippen LogP contribution in [0.2, 0.25) is 0 Å². The standard InChI is InChI=1S/C17H18O5/c1-20-11-5-3-10(4-6-11)13-9-22-15-8-16(21-2)14(18)7-12(15)17(13)19/h3-8,13,17-19H,9H2,1-2H3. The Kier molecular flexibility index (Phi) is 3.81. The largest absolute Gasteiger partial charge is 0.504 e. The lowest BCUT2D eigenvalue weighted by Crippen LogP contribution is -2.24. The van der Waals surface area contributed by atoms with Crippen molar-refractivity contribution in [2.24, 2.45) is 0 Å². The van der Waals surface area contributed by atoms with Gasteiger partial charge in [0.1, 0.15) is 11.5 Å². The van der Waals surface area contributed by atoms with Crippen molar-refractivity contribution >= 4 is 0 Å². The van der Waals surface area contributed by atoms with Gasteiger partial charge in [-0.2, -0.15) is 0 Å². The van der Waals surface area contributed by atoms with E-state index in [0.717, 1.165) is 11.3 Å². The normalized spacial score (nSPS) is 20.0. The number of phenols is 1. The number of methoxy groups -OCH3 is 2. The van der Waals surface area contributed by atoms with E-state index in [4.69, 9.17) is 14.2 Å². The van der Waals surface area contributed by atoms with Crippen LogP contribution in [-0.4, -0.2) is 31.0 Å². The number of aliphatic hydroxyl groups is 1. The highest BCUT2D eigenvalue weighted by atomic mass is 16.5. The Labute approximate surface area is 128 Å². The molecular formula is C17H18O5. The molecule has 2 N–H and O–H groups in total. The Morgan fingerprint density at radius 3 is 2.45 bits per heavy atom. The molecule has 116 valence electrons. The molecule has 0 radical (unpaired) electrons. The second kappa shape index (κ2) is 5.77. The van der Waals surface area contributed by atoms with Gasteiger partial charge in [-0.3, -0.25) is 0 Å². The van der Waals surface area contributed by atoms with Crippen LogP contribution in [0.25, 0.3) is 0 Å². The number of ether oxygens (including phenoxy) is 3. The first kappa shape index (κ1) is 14.5. The number of fused-ring (bicyclic) bond motifs is 1. The van der Waals surface area contributed by atoms with Crippen molar-refractivity contribution in [2.45, 2.75) is 12.0 Å². The van der Waals surface area contributed by atoms with Crippen molar-refractivity contribution in [1.82, 2.24) is 0 Å². The van der Waals surface area contributed by atoms with E-state index < -0.39 is 6.10 Å². The first-order valence-electron chi connectivity index (χ1n) is 6.99. The number of hydrogen-bond donors (Lipinski definition) is 2. The van der Waals surface area contributed by atoms with E-state index in [-0.39, 0.29) is 11.7 Å². The summed E-state index contributed by atoms with van der Waals surface area (Å²) in [6.45, 7) is 0.356. The highest BCUT2D eigenvalue weighted by Gasteiger charge is 2.32. The molecule has 3 rings (SSSR count). The number of aromatic hydroxyl groups is 1. The van der Waals surface area contributed by atoms with Crippen LogP contribution in [0.1, 0.15) is 23.1 Å². The number of phenolic OH excluding ortho intramolecular Hbond substituents is 1. The molecule has 2 unspecified atom stereocenters. The topological polar surface area (TPSA) is 68.2 Å². The minimum atomic E-state index is -0.756. The molecule has 0 saturated carbocycles. The van der Waals surface area contributed by atoms with Crippen molar-refractivity contribution in [2.75, 3.05) is 20.8 Å². The highest BCUT2D eigenvalue weighted by Crippen LogP contribution is 2.45. The maximum Gasteiger partial charge on any atom is 0.164 e. The van der Waals surface area contributed by atoms with Crippen molar-refractivity contribution in [3.63, 3.8) is 0 Å². The van der Waals surface area contributed by atoms with E-state index in [2.05, 4.69) is 0 Å². The van der Waals surface area contributed by atoms with Crippen LogP contribution in [0.15, 0.2) is 36.4 Å². The van der Waals surface area contributed by atoms with Gasteiger partial charge in [0.15, 0.2) is 11.5 Å². The second-order valence-electron chi connectivity index (χ2n) is 5.20. The lowest BCUT2D eigenvalue weighted by molar-refractivity contribution is 0.0883. The summed E-state index contributed by atoms with van der Waals surface area (Å²) in [6.07, 6.45) is -0.756. The number of benzene rings is 2. The average Bonchev–Trinajstić information content (AvgIpc) is 2.55. The monoisotopic (exact) mass is 302 g/mol. The van der Waals surface area contributed by atoms with Crippen LogP contribution < -0.4 is 14.2 Å². The quantitative estimate of drug-likeness (QED) is 0.912. The Bertz CT molecular complexity index is 665. The molecule has 2 aromatic carbocycles. The molecule has 0 fully saturated rings. The van der Waals surface area contributed by atoms with Crippen LogP contribution in [0.5, 0.6) is 23.0 Å². The number of rotatable bonds is 3. The van der Waals surface area contributed by atoms with Gasteiger partial charge in [0.05, 0.1) is 26.9 Å². The molecule has 5 nitrogen and oxygen atoms in total. The molecule has 0 aliphatic carbocycles. The third-order valence-electron chi connectivity index (χ3n) is 3.97. The van der Waals surface area contributed by atoms with Gasteiger partial charge in [0.25, 0.3) is 0 Å². The molecule has 22 heavy (non-hydrogen) atoms. The summed E-state index contributed by atoms with van der Waals surface area (Å²) >= 11 is 0. The fourth-order valence-corrected chi connectivity index (χ4v) is 2.70. The lowest BCUT2D eigenvalue weighted by atomic mass is 9.87. The van der Waals surface area contributed by atoms with Crippen LogP contribution in [0, 0.1) is 0 Å². The molecule has 0 saturated heterocycles. The molecule has 2 aromatic rings. The lowest BCUT2D eigenvalue weighted by Gasteiger charge is -2.31. The molecule has 0 amide bonds. The molecule has 1 heterocycles. The Hall–Kier alpha value is -2.40. The molecule has 0 aromatic heterocycles. The third-order valence-corrected chi connectivity index (χ3v) is 3.97. The first-order chi connectivity index (χ1) is 10.6. The Balaban J connectivity index is 1.93. The molecule has 1 aliphatic heterocycles. The van der Waals surface area contributed by atoms with Crippen LogP contribution in [-0.2, 0) is 0 Å². The first-order valence-corrected chi connectivity index (χ1v) is 6.99. The van der Waals surface area contributed by atoms with E-state index in [0.29, 0.717) is 23.7 Å². The van der Waals surface area contributed by atoms with Gasteiger partial charge < -0.3 is 24.4 Å². The summed E-state index contributed by atoms with van der Waals surface area (Å²) in [7, 11) is 3.08. The van der Waals surface area contributed by atoms with E-state index in [1.165, 1.54) is 13.2 Å². The smallest absolute Gasteiger partial charge is 0.164 e. The van der Waals surface area contributed by atoms with Crippen LogP contribution in [0.4, 0.5) is 0 Å². The molecule has 1 aliphatic rings. The molecule has 2 atom stereocenters. The van der Waals surface area contributed by atoms with Gasteiger partial charge in [-0.05, 0) is 23.8 Å². The Morgan fingerprint density at radius 1 is 1.09 bits per heavy atom. The molecule has 0 bridgehead atoms. The zero-order valence-corrected chi connectivity index (χ0v) is 12.4. The van der Waals surface area contributed by atoms with E-state index in [1.807, 2.05) is 24.3 Å². The maximum atomic E-state index is 10.6. The number of aliphatic hydroxyl groups excluding tert-OH is 1. The van der Waals surface area contributed by atoms with Crippen LogP contribution in [0.3, 0.4) is 0 Å². The fraction of sp³-hybridized carbons (Fsp3) is 0.294. The van der Waals surface area contributed by atoms with Crippen molar-refractivity contribution in [3.05, 3.63) is 47.5 Å². The van der Waals surface area contributed by atoms with Crippen molar-refractivity contribution in [1.29, 1.82) is 0 Å². The third kappa shape index (κ3) is 2.44. The van der Waals surface area contributed by atoms with E-state index in [1.54, 1.807) is 13.2 Å². The van der Waals surface area contributed by atoms with Crippen molar-refractivity contribution < 1.29 is 24.4 Å². The molecule has 5 heteroatoms. The maximum absolute atomic E-state index is 10.6. The van der Waals surface area contributed by atoms with Gasteiger partial charge >= 0.3 is 0 Å². The summed E-state index contributed by atoms with van der Waals surface area (Å²) in [4.78, 5) is 0. The number of hydrogen-bond acceptors (Lipinski definition) is 5. The summed E-state index contributed by atoms with van der Waals surface area (Å²) in [5, 5.41) is 20.5. The van der Waals surface area contributed by atoms with Crippen LogP contribution >= 0.6 is 0 Å². The zero-order valence-electron chi connectivity index (χ0n) is 12.4. The van der Waals surface area contributed by atoms with Gasteiger partial charge in [0.2, 0.25) is 0 Å². The predicted molar refractivity (Wildman–Crippen MR) is 80.8 cm³/mol. The Morgan fingerprint density at radius 2 is 1.82 bits per heavy atom. The molecular weight excluding hydrogens is 284 g/mol. The highest BCUT2D eigenvalue weighted by molar-refractivity contribution is 5.52. The summed E-state index contributed by atoms with van der Waals surface area (Å²) < 4.78 is 15.9. The van der Waals surface area contributed by atoms with E-state index >= 15 is 0 Å². The second-order valence-corrected chi connectivity index (χ2v) is 5.20. The van der Waals surface area contributed by atoms with E-state index in [9.17, 15) is 10.2 Å². The zero-order chi connectivity index (χ0) is 15.7. The van der Waals surface area contributed by atoms with Gasteiger partial charge in [0, 0.05) is 17.5 Å². The summed E-state index contributed by atoms with van der Waals surface area (Å²) in [5.74, 6) is 1.41. The minimum absolute atomic E-state index is 0.0146. The van der Waals surface area contributed by atoms with Gasteiger partial charge in [-0.25, -0.2) is 0 Å². The minimum Gasteiger partial charge on any atom is -0.504 e. The molecule has 0 spiro atoms. The average molecular weight is 302 g/mol. The van der Waals surface area contributed by atoms with Crippen molar-refractivity contribution in [3.8, 4) is 23.0 Å². The summed E-state index contributed by atoms with van der Waals surface area (Å²) in [5.41, 5.74) is 1.51. The SMILES string of the molecule is COc1ccc(C2COc3cc(OC)c(O)cc3C2O)cc1. The van der Waals surface area contributed by atoms with Gasteiger partial charge in [-0.15, -0.1) is 0 Å². The predicted octanol–water partition coefficient (Wildman–Crippen LogP) is 2.62. The van der Waals surface area contributed by atoms with Gasteiger partial charge in [-0.1, -0.05) is 12.1 Å². The fourth-order valence-electron chi connectivity index (χ4n) is 2.70. The summed E-state index contributed by atoms with van der Waals surface area (Å²) in [6, 6.07) is 10.6.